The molecule has 1 heterocycles. The molecule has 0 bridgehead atoms. The summed E-state index contributed by atoms with van der Waals surface area (Å²) in [5, 5.41) is 8.76. The Bertz CT molecular complexity index is 324. The Kier molecular flexibility index (Phi) is 4.48. The van der Waals surface area contributed by atoms with E-state index in [4.69, 9.17) is 9.84 Å². The van der Waals surface area contributed by atoms with Gasteiger partial charge >= 0.3 is 12.1 Å². The van der Waals surface area contributed by atoms with Crippen LogP contribution in [0.2, 0.25) is 0 Å². The summed E-state index contributed by atoms with van der Waals surface area (Å²) in [7, 11) is 0. The van der Waals surface area contributed by atoms with Crippen LogP contribution in [0.15, 0.2) is 0 Å². The summed E-state index contributed by atoms with van der Waals surface area (Å²) in [6, 6.07) is 0. The molecule has 0 aromatic heterocycles. The number of carboxylic acids is 1. The second kappa shape index (κ2) is 5.65. The molecule has 1 amide bonds. The lowest BCUT2D eigenvalue weighted by Crippen LogP contribution is -2.33. The molecule has 1 N–H and O–H groups in total. The Balaban J connectivity index is 2.55. The van der Waals surface area contributed by atoms with Crippen molar-refractivity contribution in [3.05, 3.63) is 0 Å². The maximum Gasteiger partial charge on any atom is 0.410 e. The van der Waals surface area contributed by atoms with Crippen LogP contribution < -0.4 is 0 Å². The van der Waals surface area contributed by atoms with Gasteiger partial charge in [0.05, 0.1) is 6.54 Å². The Morgan fingerprint density at radius 1 is 1.47 bits per heavy atom. The van der Waals surface area contributed by atoms with E-state index >= 15 is 0 Å². The fourth-order valence-electron chi connectivity index (χ4n) is 1.71. The molecule has 0 saturated carbocycles. The Morgan fingerprint density at radius 2 is 2.06 bits per heavy atom. The monoisotopic (exact) mass is 243 g/mol. The third-order valence-electron chi connectivity index (χ3n) is 2.87. The van der Waals surface area contributed by atoms with Crippen molar-refractivity contribution in [2.75, 3.05) is 13.1 Å². The molecule has 1 aliphatic rings. The fourth-order valence-corrected chi connectivity index (χ4v) is 1.71. The van der Waals surface area contributed by atoms with Crippen LogP contribution in [0.5, 0.6) is 0 Å². The molecule has 0 radical (unpaired) electrons. The molecule has 1 unspecified atom stereocenters. The molecule has 1 atom stereocenters. The van der Waals surface area contributed by atoms with E-state index in [-0.39, 0.29) is 19.2 Å². The molecule has 1 rings (SSSR count). The van der Waals surface area contributed by atoms with Crippen LogP contribution in [0.25, 0.3) is 0 Å². The van der Waals surface area contributed by atoms with E-state index in [0.717, 1.165) is 4.90 Å². The third kappa shape index (κ3) is 3.18. The maximum absolute atomic E-state index is 11.6. The van der Waals surface area contributed by atoms with Crippen molar-refractivity contribution < 1.29 is 24.2 Å². The lowest BCUT2D eigenvalue weighted by Gasteiger charge is -2.19. The van der Waals surface area contributed by atoms with Crippen molar-refractivity contribution in [1.29, 1.82) is 0 Å². The lowest BCUT2D eigenvalue weighted by molar-refractivity contribution is -0.144. The Labute approximate surface area is 99.5 Å². The standard InChI is InChI=1S/C11H17NO5/c1-3-7(4-2)17-11(16)12-5-8(10(14)15)9(13)6-12/h7-8H,3-6H2,1-2H3,(H,14,15). The number of nitrogens with zero attached hydrogens (tertiary/aromatic N) is 1. The first-order chi connectivity index (χ1) is 7.99. The molecule has 17 heavy (non-hydrogen) atoms. The number of hydrogen-bond acceptors (Lipinski definition) is 4. The van der Waals surface area contributed by atoms with E-state index in [1.54, 1.807) is 0 Å². The number of hydrogen-bond donors (Lipinski definition) is 1. The predicted molar refractivity (Wildman–Crippen MR) is 58.6 cm³/mol. The van der Waals surface area contributed by atoms with Crippen molar-refractivity contribution in [2.24, 2.45) is 5.92 Å². The molecular formula is C11H17NO5. The molecule has 0 aromatic rings. The quantitative estimate of drug-likeness (QED) is 0.741. The Hall–Kier alpha value is -1.59. The summed E-state index contributed by atoms with van der Waals surface area (Å²) in [4.78, 5) is 34.8. The Morgan fingerprint density at radius 3 is 2.47 bits per heavy atom. The minimum absolute atomic E-state index is 0.0901. The van der Waals surface area contributed by atoms with E-state index in [2.05, 4.69) is 0 Å². The minimum atomic E-state index is -1.19. The van der Waals surface area contributed by atoms with E-state index in [1.807, 2.05) is 13.8 Å². The van der Waals surface area contributed by atoms with Gasteiger partial charge < -0.3 is 9.84 Å². The molecule has 1 fully saturated rings. The topological polar surface area (TPSA) is 83.9 Å². The van der Waals surface area contributed by atoms with Gasteiger partial charge in [0.1, 0.15) is 12.0 Å². The maximum atomic E-state index is 11.6. The van der Waals surface area contributed by atoms with Gasteiger partial charge in [0.25, 0.3) is 0 Å². The molecule has 6 nitrogen and oxygen atoms in total. The smallest absolute Gasteiger partial charge is 0.410 e. The number of Topliss-reactive ketones (excluding diaryl/α,β-unsaturated/α-hetero) is 1. The summed E-state index contributed by atoms with van der Waals surface area (Å²) < 4.78 is 5.15. The van der Waals surface area contributed by atoms with Crippen LogP contribution in [-0.4, -0.2) is 47.0 Å². The predicted octanol–water partition coefficient (Wildman–Crippen LogP) is 0.897. The molecule has 96 valence electrons. The number of aliphatic carboxylic acids is 1. The first-order valence-electron chi connectivity index (χ1n) is 5.70. The molecule has 1 saturated heterocycles. The van der Waals surface area contributed by atoms with Gasteiger partial charge in [-0.05, 0) is 12.8 Å². The second-order valence-electron chi connectivity index (χ2n) is 4.06. The van der Waals surface area contributed by atoms with Crippen LogP contribution in [0.1, 0.15) is 26.7 Å². The summed E-state index contributed by atoms with van der Waals surface area (Å²) in [6.07, 6.45) is 0.621. The lowest BCUT2D eigenvalue weighted by atomic mass is 10.1. The van der Waals surface area contributed by atoms with Crippen molar-refractivity contribution in [1.82, 2.24) is 4.90 Å². The zero-order valence-electron chi connectivity index (χ0n) is 10.0. The molecule has 0 aromatic carbocycles. The number of ether oxygens (including phenoxy) is 1. The average molecular weight is 243 g/mol. The number of carbonyl (C=O) groups excluding carboxylic acids is 2. The number of ketones is 1. The zero-order valence-corrected chi connectivity index (χ0v) is 10.0. The summed E-state index contributed by atoms with van der Waals surface area (Å²) in [5.41, 5.74) is 0. The van der Waals surface area contributed by atoms with E-state index in [1.165, 1.54) is 0 Å². The SMILES string of the molecule is CCC(CC)OC(=O)N1CC(=O)C(C(=O)O)C1. The molecule has 6 heteroatoms. The van der Waals surface area contributed by atoms with Crippen molar-refractivity contribution in [2.45, 2.75) is 32.8 Å². The highest BCUT2D eigenvalue weighted by molar-refractivity contribution is 6.02. The van der Waals surface area contributed by atoms with Gasteiger partial charge in [0, 0.05) is 6.54 Å². The molecule has 0 spiro atoms. The van der Waals surface area contributed by atoms with Crippen LogP contribution in [0, 0.1) is 5.92 Å². The highest BCUT2D eigenvalue weighted by Crippen LogP contribution is 2.15. The van der Waals surface area contributed by atoms with Crippen molar-refractivity contribution in [3.8, 4) is 0 Å². The number of likely N-dealkylation sites (tertiary alicyclic amines) is 1. The summed E-state index contributed by atoms with van der Waals surface area (Å²) >= 11 is 0. The van der Waals surface area contributed by atoms with E-state index in [9.17, 15) is 14.4 Å². The van der Waals surface area contributed by atoms with Crippen molar-refractivity contribution >= 4 is 17.8 Å². The zero-order chi connectivity index (χ0) is 13.0. The normalized spacial score (nSPS) is 19.8. The van der Waals surface area contributed by atoms with Crippen LogP contribution >= 0.6 is 0 Å². The second-order valence-corrected chi connectivity index (χ2v) is 4.06. The van der Waals surface area contributed by atoms with Gasteiger partial charge in [-0.1, -0.05) is 13.8 Å². The number of rotatable bonds is 4. The largest absolute Gasteiger partial charge is 0.481 e. The first-order valence-corrected chi connectivity index (χ1v) is 5.70. The van der Waals surface area contributed by atoms with E-state index < -0.39 is 23.8 Å². The highest BCUT2D eigenvalue weighted by Gasteiger charge is 2.39. The van der Waals surface area contributed by atoms with Gasteiger partial charge in [-0.3, -0.25) is 14.5 Å². The molecule has 0 aliphatic carbocycles. The molecule has 1 aliphatic heterocycles. The van der Waals surface area contributed by atoms with Gasteiger partial charge in [0.2, 0.25) is 0 Å². The average Bonchev–Trinajstić information content (AvgIpc) is 2.68. The van der Waals surface area contributed by atoms with Crippen molar-refractivity contribution in [3.63, 3.8) is 0 Å². The van der Waals surface area contributed by atoms with E-state index in [0.29, 0.717) is 12.8 Å². The first kappa shape index (κ1) is 13.5. The molecular weight excluding hydrogens is 226 g/mol. The van der Waals surface area contributed by atoms with Crippen LogP contribution in [0.3, 0.4) is 0 Å². The minimum Gasteiger partial charge on any atom is -0.481 e. The summed E-state index contributed by atoms with van der Waals surface area (Å²) in [6.45, 7) is 3.54. The van der Waals surface area contributed by atoms with Gasteiger partial charge in [-0.2, -0.15) is 0 Å². The highest BCUT2D eigenvalue weighted by atomic mass is 16.6. The van der Waals surface area contributed by atoms with Crippen LogP contribution in [0.4, 0.5) is 4.79 Å². The number of carbonyl (C=O) groups is 3. The third-order valence-corrected chi connectivity index (χ3v) is 2.87. The van der Waals surface area contributed by atoms with Gasteiger partial charge in [-0.15, -0.1) is 0 Å². The number of amides is 1. The fraction of sp³-hybridized carbons (Fsp3) is 0.727. The number of carboxylic acid groups (broad SMARTS) is 1. The van der Waals surface area contributed by atoms with Gasteiger partial charge in [0.15, 0.2) is 5.78 Å². The van der Waals surface area contributed by atoms with Gasteiger partial charge in [-0.25, -0.2) is 4.79 Å². The summed E-state index contributed by atoms with van der Waals surface area (Å²) in [5.74, 6) is -2.74. The van der Waals surface area contributed by atoms with Crippen LogP contribution in [-0.2, 0) is 14.3 Å².